The van der Waals surface area contributed by atoms with E-state index in [0.29, 0.717) is 22.6 Å². The number of benzene rings is 2. The molecule has 2 aromatic rings. The Balaban J connectivity index is 2.34. The molecule has 0 atom stereocenters. The van der Waals surface area contributed by atoms with E-state index in [2.05, 4.69) is 0 Å². The molecule has 4 heteroatoms. The summed E-state index contributed by atoms with van der Waals surface area (Å²) in [4.78, 5) is 10.0. The maximum absolute atomic E-state index is 11.6. The number of carboxylic acid groups (broad SMARTS) is 1. The average Bonchev–Trinajstić information content (AvgIpc) is 2.39. The minimum Gasteiger partial charge on any atom is -0.479 e. The number of hydrogen-bond acceptors (Lipinski definition) is 2. The quantitative estimate of drug-likeness (QED) is 0.800. The van der Waals surface area contributed by atoms with Crippen LogP contribution in [0.1, 0.15) is 11.1 Å². The Morgan fingerprint density at radius 3 is 1.89 bits per heavy atom. The molecule has 3 nitrogen and oxygen atoms in total. The normalized spacial score (nSPS) is 15.2. The molecule has 1 heterocycles. The fraction of sp³-hybridized carbons (Fsp3) is 0.0714. The van der Waals surface area contributed by atoms with E-state index in [1.807, 2.05) is 0 Å². The summed E-state index contributed by atoms with van der Waals surface area (Å²) in [5, 5.41) is 9.50. The van der Waals surface area contributed by atoms with E-state index in [4.69, 9.17) is 16.3 Å². The Kier molecular flexibility index (Phi) is 2.31. The smallest absolute Gasteiger partial charge is 0.334 e. The molecule has 0 saturated heterocycles. The summed E-state index contributed by atoms with van der Waals surface area (Å²) < 4.78 is 5.68. The SMILES string of the molecule is O=C(O)C1(Cl)c2ccccc2Oc2ccccc21. The van der Waals surface area contributed by atoms with E-state index in [9.17, 15) is 9.90 Å². The van der Waals surface area contributed by atoms with E-state index in [0.717, 1.165) is 0 Å². The van der Waals surface area contributed by atoms with Crippen molar-refractivity contribution in [3.63, 3.8) is 0 Å². The molecule has 0 aliphatic carbocycles. The number of para-hydroxylation sites is 2. The van der Waals surface area contributed by atoms with Gasteiger partial charge in [0, 0.05) is 11.1 Å². The van der Waals surface area contributed by atoms with Crippen molar-refractivity contribution in [3.8, 4) is 11.5 Å². The summed E-state index contributed by atoms with van der Waals surface area (Å²) in [6, 6.07) is 13.8. The maximum atomic E-state index is 11.6. The van der Waals surface area contributed by atoms with Gasteiger partial charge in [-0.05, 0) is 12.1 Å². The Morgan fingerprint density at radius 1 is 1.00 bits per heavy atom. The first-order valence-electron chi connectivity index (χ1n) is 5.43. The molecule has 0 unspecified atom stereocenters. The van der Waals surface area contributed by atoms with Gasteiger partial charge in [-0.15, -0.1) is 0 Å². The molecule has 0 amide bonds. The third-order valence-electron chi connectivity index (χ3n) is 3.03. The lowest BCUT2D eigenvalue weighted by Crippen LogP contribution is -2.34. The van der Waals surface area contributed by atoms with Gasteiger partial charge in [0.1, 0.15) is 11.5 Å². The van der Waals surface area contributed by atoms with Crippen LogP contribution >= 0.6 is 11.6 Å². The van der Waals surface area contributed by atoms with Gasteiger partial charge < -0.3 is 9.84 Å². The fourth-order valence-electron chi connectivity index (χ4n) is 2.17. The highest BCUT2D eigenvalue weighted by Crippen LogP contribution is 2.50. The van der Waals surface area contributed by atoms with E-state index in [1.54, 1.807) is 48.5 Å². The summed E-state index contributed by atoms with van der Waals surface area (Å²) in [5.41, 5.74) is 0.913. The summed E-state index contributed by atoms with van der Waals surface area (Å²) >= 11 is 6.39. The second-order valence-electron chi connectivity index (χ2n) is 4.06. The number of alkyl halides is 1. The van der Waals surface area contributed by atoms with E-state index in [1.165, 1.54) is 0 Å². The van der Waals surface area contributed by atoms with Crippen LogP contribution < -0.4 is 4.74 Å². The van der Waals surface area contributed by atoms with Crippen molar-refractivity contribution in [2.24, 2.45) is 0 Å². The van der Waals surface area contributed by atoms with Gasteiger partial charge in [0.25, 0.3) is 0 Å². The van der Waals surface area contributed by atoms with Gasteiger partial charge in [0.05, 0.1) is 0 Å². The Bertz CT molecular complexity index is 591. The number of carboxylic acids is 1. The number of hydrogen-bond donors (Lipinski definition) is 1. The zero-order valence-electron chi connectivity index (χ0n) is 9.26. The first-order valence-corrected chi connectivity index (χ1v) is 5.81. The van der Waals surface area contributed by atoms with E-state index >= 15 is 0 Å². The summed E-state index contributed by atoms with van der Waals surface area (Å²) in [7, 11) is 0. The lowest BCUT2D eigenvalue weighted by Gasteiger charge is -2.31. The van der Waals surface area contributed by atoms with Crippen molar-refractivity contribution in [1.29, 1.82) is 0 Å². The molecule has 1 aliphatic heterocycles. The Hall–Kier alpha value is -2.00. The van der Waals surface area contributed by atoms with Gasteiger partial charge in [0.2, 0.25) is 0 Å². The zero-order valence-corrected chi connectivity index (χ0v) is 10.0. The molecular formula is C14H9ClO3. The van der Waals surface area contributed by atoms with Crippen molar-refractivity contribution >= 4 is 17.6 Å². The lowest BCUT2D eigenvalue weighted by atomic mass is 9.87. The second kappa shape index (κ2) is 3.75. The molecular weight excluding hydrogens is 252 g/mol. The average molecular weight is 261 g/mol. The van der Waals surface area contributed by atoms with Gasteiger partial charge in [0.15, 0.2) is 4.87 Å². The predicted molar refractivity (Wildman–Crippen MR) is 67.2 cm³/mol. The predicted octanol–water partition coefficient (Wildman–Crippen LogP) is 3.36. The first kappa shape index (κ1) is 11.1. The van der Waals surface area contributed by atoms with Crippen LogP contribution in [0.4, 0.5) is 0 Å². The standard InChI is InChI=1S/C14H9ClO3/c15-14(13(16)17)9-5-1-3-7-11(9)18-12-8-4-2-6-10(12)14/h1-8H,(H,16,17). The molecule has 3 rings (SSSR count). The van der Waals surface area contributed by atoms with Crippen molar-refractivity contribution < 1.29 is 14.6 Å². The first-order chi connectivity index (χ1) is 8.64. The zero-order chi connectivity index (χ0) is 12.8. The molecule has 90 valence electrons. The molecule has 0 spiro atoms. The third-order valence-corrected chi connectivity index (χ3v) is 3.60. The van der Waals surface area contributed by atoms with Crippen LogP contribution in [0.25, 0.3) is 0 Å². The molecule has 0 saturated carbocycles. The monoisotopic (exact) mass is 260 g/mol. The summed E-state index contributed by atoms with van der Waals surface area (Å²) in [5.74, 6) is -0.144. The summed E-state index contributed by atoms with van der Waals surface area (Å²) in [6.07, 6.45) is 0. The topological polar surface area (TPSA) is 46.5 Å². The van der Waals surface area contributed by atoms with Crippen LogP contribution in [-0.4, -0.2) is 11.1 Å². The van der Waals surface area contributed by atoms with Gasteiger partial charge in [-0.3, -0.25) is 0 Å². The number of halogens is 1. The number of rotatable bonds is 1. The molecule has 18 heavy (non-hydrogen) atoms. The molecule has 2 aromatic carbocycles. The molecule has 0 aromatic heterocycles. The van der Waals surface area contributed by atoms with Gasteiger partial charge in [-0.25, -0.2) is 4.79 Å². The van der Waals surface area contributed by atoms with Crippen molar-refractivity contribution in [2.45, 2.75) is 4.87 Å². The maximum Gasteiger partial charge on any atom is 0.334 e. The van der Waals surface area contributed by atoms with Crippen LogP contribution in [-0.2, 0) is 9.67 Å². The number of aliphatic carboxylic acids is 1. The highest BCUT2D eigenvalue weighted by Gasteiger charge is 2.47. The van der Waals surface area contributed by atoms with Gasteiger partial charge in [-0.1, -0.05) is 48.0 Å². The number of fused-ring (bicyclic) bond motifs is 2. The number of carbonyl (C=O) groups is 1. The highest BCUT2D eigenvalue weighted by atomic mass is 35.5. The highest BCUT2D eigenvalue weighted by molar-refractivity contribution is 6.36. The minimum absolute atomic E-state index is 0.456. The van der Waals surface area contributed by atoms with Crippen molar-refractivity contribution in [3.05, 3.63) is 59.7 Å². The Labute approximate surface area is 109 Å². The lowest BCUT2D eigenvalue weighted by molar-refractivity contribution is -0.139. The fourth-order valence-corrected chi connectivity index (χ4v) is 2.49. The van der Waals surface area contributed by atoms with Gasteiger partial charge in [-0.2, -0.15) is 0 Å². The summed E-state index contributed by atoms with van der Waals surface area (Å²) in [6.45, 7) is 0. The molecule has 0 radical (unpaired) electrons. The van der Waals surface area contributed by atoms with Gasteiger partial charge >= 0.3 is 5.97 Å². The van der Waals surface area contributed by atoms with Crippen molar-refractivity contribution in [2.75, 3.05) is 0 Å². The van der Waals surface area contributed by atoms with Crippen molar-refractivity contribution in [1.82, 2.24) is 0 Å². The van der Waals surface area contributed by atoms with E-state index < -0.39 is 10.8 Å². The third kappa shape index (κ3) is 1.34. The largest absolute Gasteiger partial charge is 0.479 e. The van der Waals surface area contributed by atoms with E-state index in [-0.39, 0.29) is 0 Å². The van der Waals surface area contributed by atoms with Crippen LogP contribution in [0.5, 0.6) is 11.5 Å². The number of ether oxygens (including phenoxy) is 1. The second-order valence-corrected chi connectivity index (χ2v) is 4.62. The van der Waals surface area contributed by atoms with Crippen LogP contribution in [0.2, 0.25) is 0 Å². The van der Waals surface area contributed by atoms with Crippen LogP contribution in [0.15, 0.2) is 48.5 Å². The molecule has 1 aliphatic rings. The molecule has 0 fully saturated rings. The molecule has 1 N–H and O–H groups in total. The molecule has 0 bridgehead atoms. The minimum atomic E-state index is -1.59. The Morgan fingerprint density at radius 2 is 1.44 bits per heavy atom. The van der Waals surface area contributed by atoms with Crippen LogP contribution in [0.3, 0.4) is 0 Å². The van der Waals surface area contributed by atoms with Crippen LogP contribution in [0, 0.1) is 0 Å².